The van der Waals surface area contributed by atoms with Crippen LogP contribution < -0.4 is 14.8 Å². The topological polar surface area (TPSA) is 130 Å². The van der Waals surface area contributed by atoms with Gasteiger partial charge in [-0.05, 0) is 29.3 Å². The van der Waals surface area contributed by atoms with Gasteiger partial charge in [-0.3, -0.25) is 9.36 Å². The Morgan fingerprint density at radius 2 is 1.55 bits per heavy atom. The highest BCUT2D eigenvalue weighted by atomic mass is 16.6. The highest BCUT2D eigenvalue weighted by Crippen LogP contribution is 2.50. The Hall–Kier alpha value is -5.62. The van der Waals surface area contributed by atoms with Crippen molar-refractivity contribution in [2.75, 3.05) is 26.1 Å². The molecule has 11 nitrogen and oxygen atoms in total. The van der Waals surface area contributed by atoms with Gasteiger partial charge in [0.25, 0.3) is 5.91 Å². The Labute approximate surface area is 283 Å². The van der Waals surface area contributed by atoms with Gasteiger partial charge in [0.1, 0.15) is 24.3 Å². The van der Waals surface area contributed by atoms with Crippen LogP contribution in [0.25, 0.3) is 11.2 Å². The van der Waals surface area contributed by atoms with Crippen LogP contribution in [0.2, 0.25) is 0 Å². The number of imidazole rings is 1. The monoisotopic (exact) mass is 657 g/mol. The van der Waals surface area contributed by atoms with E-state index in [0.717, 1.165) is 16.7 Å². The lowest BCUT2D eigenvalue weighted by Crippen LogP contribution is -2.41. The summed E-state index contributed by atoms with van der Waals surface area (Å²) in [6, 6.07) is 34.4. The minimum atomic E-state index is -1.20. The lowest BCUT2D eigenvalue weighted by atomic mass is 9.79. The van der Waals surface area contributed by atoms with Gasteiger partial charge >= 0.3 is 0 Å². The average molecular weight is 658 g/mol. The molecule has 1 amide bonds. The second-order valence-electron chi connectivity index (χ2n) is 11.5. The molecular weight excluding hydrogens is 622 g/mol. The van der Waals surface area contributed by atoms with Crippen molar-refractivity contribution < 1.29 is 28.8 Å². The summed E-state index contributed by atoms with van der Waals surface area (Å²) in [6.45, 7) is -0.296. The number of aliphatic hydroxyl groups is 1. The van der Waals surface area contributed by atoms with E-state index in [4.69, 9.17) is 18.9 Å². The van der Waals surface area contributed by atoms with Crippen molar-refractivity contribution in [2.24, 2.45) is 0 Å². The molecule has 0 unspecified atom stereocenters. The zero-order valence-corrected chi connectivity index (χ0v) is 27.0. The number of para-hydroxylation sites is 1. The molecule has 1 aliphatic rings. The van der Waals surface area contributed by atoms with Crippen molar-refractivity contribution in [3.05, 3.63) is 144 Å². The molecule has 6 aromatic rings. The minimum Gasteiger partial charge on any atom is -0.493 e. The van der Waals surface area contributed by atoms with Crippen molar-refractivity contribution in [1.29, 1.82) is 0 Å². The second kappa shape index (κ2) is 13.9. The number of hydrogen-bond acceptors (Lipinski definition) is 9. The summed E-state index contributed by atoms with van der Waals surface area (Å²) in [7, 11) is 3.21. The molecule has 248 valence electrons. The minimum absolute atomic E-state index is 0.277. The zero-order chi connectivity index (χ0) is 33.8. The Bertz CT molecular complexity index is 2000. The Morgan fingerprint density at radius 1 is 0.878 bits per heavy atom. The normalized spacial score (nSPS) is 17.6. The molecule has 1 saturated heterocycles. The Morgan fingerprint density at radius 3 is 2.18 bits per heavy atom. The number of aliphatic hydroxyl groups excluding tert-OH is 1. The summed E-state index contributed by atoms with van der Waals surface area (Å²) in [4.78, 5) is 26.3. The van der Waals surface area contributed by atoms with Crippen LogP contribution >= 0.6 is 0 Å². The standard InChI is InChI=1S/C38H35N5O6/c1-46-29-20-12-19-28(34(29)47-2)38(26-15-8-4-9-16-26,27-17-10-5-11-18-27)49-30-21-32(48-31(30)22-44)43-24-41-33-35(39-23-40-36(33)43)42-37(45)25-13-6-3-7-14-25/h3-20,23-24,30-32,44H,21-22H2,1-2H3,(H,39,40,42,45)/t30-,31+,32+/m0/s1. The van der Waals surface area contributed by atoms with E-state index in [1.165, 1.54) is 6.33 Å². The molecular formula is C38H35N5O6. The van der Waals surface area contributed by atoms with Gasteiger partial charge in [-0.15, -0.1) is 0 Å². The molecule has 1 aliphatic heterocycles. The van der Waals surface area contributed by atoms with Gasteiger partial charge in [-0.1, -0.05) is 91.0 Å². The van der Waals surface area contributed by atoms with Crippen LogP contribution in [0.4, 0.5) is 5.82 Å². The highest BCUT2D eigenvalue weighted by Gasteiger charge is 2.47. The molecule has 0 spiro atoms. The third-order valence-electron chi connectivity index (χ3n) is 8.77. The van der Waals surface area contributed by atoms with Crippen LogP contribution in [0.5, 0.6) is 11.5 Å². The highest BCUT2D eigenvalue weighted by molar-refractivity contribution is 6.06. The summed E-state index contributed by atoms with van der Waals surface area (Å²) >= 11 is 0. The fourth-order valence-electron chi connectivity index (χ4n) is 6.50. The van der Waals surface area contributed by atoms with Crippen molar-refractivity contribution in [1.82, 2.24) is 19.5 Å². The quantitative estimate of drug-likeness (QED) is 0.167. The number of hydrogen-bond donors (Lipinski definition) is 2. The van der Waals surface area contributed by atoms with Gasteiger partial charge in [0.15, 0.2) is 28.5 Å². The number of carbonyl (C=O) groups excluding carboxylic acids is 1. The van der Waals surface area contributed by atoms with Crippen molar-refractivity contribution in [3.8, 4) is 11.5 Å². The Kier molecular flexibility index (Phi) is 9.03. The van der Waals surface area contributed by atoms with Gasteiger partial charge in [0.2, 0.25) is 0 Å². The fraction of sp³-hybridized carbons (Fsp3) is 0.211. The van der Waals surface area contributed by atoms with Crippen molar-refractivity contribution in [2.45, 2.75) is 30.5 Å². The number of benzene rings is 4. The van der Waals surface area contributed by atoms with E-state index in [1.54, 1.807) is 49.4 Å². The van der Waals surface area contributed by atoms with Gasteiger partial charge in [0.05, 0.1) is 33.3 Å². The number of nitrogens with one attached hydrogen (secondary N) is 1. The van der Waals surface area contributed by atoms with Gasteiger partial charge in [0, 0.05) is 17.5 Å². The molecule has 11 heteroatoms. The molecule has 7 rings (SSSR count). The predicted octanol–water partition coefficient (Wildman–Crippen LogP) is 5.75. The molecule has 0 aliphatic carbocycles. The van der Waals surface area contributed by atoms with Gasteiger partial charge < -0.3 is 29.4 Å². The maximum Gasteiger partial charge on any atom is 0.256 e. The number of nitrogens with zero attached hydrogens (tertiary/aromatic N) is 4. The van der Waals surface area contributed by atoms with E-state index in [0.29, 0.717) is 34.6 Å². The number of methoxy groups -OCH3 is 2. The number of rotatable bonds is 11. The molecule has 0 radical (unpaired) electrons. The average Bonchev–Trinajstić information content (AvgIpc) is 3.79. The molecule has 2 N–H and O–H groups in total. The maximum atomic E-state index is 12.9. The third-order valence-corrected chi connectivity index (χ3v) is 8.77. The molecule has 49 heavy (non-hydrogen) atoms. The molecule has 2 aromatic heterocycles. The second-order valence-corrected chi connectivity index (χ2v) is 11.5. The van der Waals surface area contributed by atoms with Crippen molar-refractivity contribution in [3.63, 3.8) is 0 Å². The van der Waals surface area contributed by atoms with Crippen LogP contribution in [0.15, 0.2) is 122 Å². The lowest BCUT2D eigenvalue weighted by Gasteiger charge is -2.39. The van der Waals surface area contributed by atoms with Crippen molar-refractivity contribution >= 4 is 22.9 Å². The largest absolute Gasteiger partial charge is 0.493 e. The molecule has 0 saturated carbocycles. The van der Waals surface area contributed by atoms with Crippen LogP contribution in [0.1, 0.15) is 39.7 Å². The van der Waals surface area contributed by atoms with E-state index in [1.807, 2.05) is 84.9 Å². The molecule has 1 fully saturated rings. The van der Waals surface area contributed by atoms with Gasteiger partial charge in [-0.25, -0.2) is 15.0 Å². The first kappa shape index (κ1) is 32.0. The van der Waals surface area contributed by atoms with Crippen LogP contribution in [0.3, 0.4) is 0 Å². The van der Waals surface area contributed by atoms with E-state index >= 15 is 0 Å². The number of anilines is 1. The van der Waals surface area contributed by atoms with Crippen LogP contribution in [-0.4, -0.2) is 63.6 Å². The van der Waals surface area contributed by atoms with Crippen LogP contribution in [0, 0.1) is 0 Å². The zero-order valence-electron chi connectivity index (χ0n) is 27.0. The molecule has 3 heterocycles. The number of fused-ring (bicyclic) bond motifs is 1. The van der Waals surface area contributed by atoms with Crippen LogP contribution in [-0.2, 0) is 15.1 Å². The molecule has 4 aromatic carbocycles. The first-order valence-corrected chi connectivity index (χ1v) is 15.9. The summed E-state index contributed by atoms with van der Waals surface area (Å²) < 4.78 is 27.3. The molecule has 3 atom stereocenters. The van der Waals surface area contributed by atoms with E-state index in [9.17, 15) is 9.90 Å². The first-order chi connectivity index (χ1) is 24.1. The maximum absolute atomic E-state index is 12.9. The van der Waals surface area contributed by atoms with Gasteiger partial charge in [-0.2, -0.15) is 0 Å². The number of ether oxygens (including phenoxy) is 4. The third kappa shape index (κ3) is 5.88. The SMILES string of the molecule is COc1cccc(C(O[C@H]2C[C@H](n3cnc4c(NC(=O)c5ccccc5)ncnc43)O[C@@H]2CO)(c2ccccc2)c2ccccc2)c1OC. The summed E-state index contributed by atoms with van der Waals surface area (Å²) in [5.74, 6) is 1.04. The van der Waals surface area contributed by atoms with E-state index in [2.05, 4.69) is 20.3 Å². The lowest BCUT2D eigenvalue weighted by molar-refractivity contribution is -0.0993. The molecule has 0 bridgehead atoms. The summed E-state index contributed by atoms with van der Waals surface area (Å²) in [6.07, 6.45) is 1.41. The fourth-order valence-corrected chi connectivity index (χ4v) is 6.50. The smallest absolute Gasteiger partial charge is 0.256 e. The van der Waals surface area contributed by atoms with E-state index in [-0.39, 0.29) is 18.3 Å². The Balaban J connectivity index is 1.29. The first-order valence-electron chi connectivity index (χ1n) is 15.9. The summed E-state index contributed by atoms with van der Waals surface area (Å²) in [5, 5.41) is 13.5. The number of carbonyl (C=O) groups is 1. The predicted molar refractivity (Wildman–Crippen MR) is 183 cm³/mol. The number of amides is 1. The summed E-state index contributed by atoms with van der Waals surface area (Å²) in [5.41, 5.74) is 2.60. The van der Waals surface area contributed by atoms with E-state index < -0.39 is 24.0 Å². The number of aromatic nitrogens is 4.